The Balaban J connectivity index is 1.61. The number of rotatable bonds is 5. The SMILES string of the molecule is CN(C)c1ccc(N2C(=S)NC3C(O)C(O)CC(C(=O)NCc4cccs4)C32)cc1. The van der Waals surface area contributed by atoms with Crippen molar-refractivity contribution in [3.05, 3.63) is 46.7 Å². The number of hydrogen-bond acceptors (Lipinski definition) is 6. The average Bonchev–Trinajstić information content (AvgIpc) is 3.36. The predicted octanol–water partition coefficient (Wildman–Crippen LogP) is 1.30. The molecule has 5 unspecified atom stereocenters. The number of aliphatic hydroxyl groups is 2. The fourth-order valence-electron chi connectivity index (χ4n) is 4.27. The number of benzene rings is 1. The van der Waals surface area contributed by atoms with Gasteiger partial charge in [-0.15, -0.1) is 11.3 Å². The maximum absolute atomic E-state index is 13.1. The highest BCUT2D eigenvalue weighted by Gasteiger charge is 2.53. The van der Waals surface area contributed by atoms with E-state index in [2.05, 4.69) is 10.6 Å². The number of amides is 1. The molecule has 5 atom stereocenters. The van der Waals surface area contributed by atoms with Crippen LogP contribution in [0.5, 0.6) is 0 Å². The highest BCUT2D eigenvalue weighted by Crippen LogP contribution is 2.37. The van der Waals surface area contributed by atoms with Gasteiger partial charge >= 0.3 is 0 Å². The summed E-state index contributed by atoms with van der Waals surface area (Å²) in [5, 5.41) is 29.5. The lowest BCUT2D eigenvalue weighted by Crippen LogP contribution is -2.60. The van der Waals surface area contributed by atoms with Gasteiger partial charge < -0.3 is 30.6 Å². The number of hydrogen-bond donors (Lipinski definition) is 4. The fraction of sp³-hybridized carbons (Fsp3) is 0.429. The zero-order valence-corrected chi connectivity index (χ0v) is 18.5. The maximum atomic E-state index is 13.1. The smallest absolute Gasteiger partial charge is 0.225 e. The third kappa shape index (κ3) is 3.90. The summed E-state index contributed by atoms with van der Waals surface area (Å²) in [5.74, 6) is -0.666. The molecule has 2 aliphatic rings. The average molecular weight is 447 g/mol. The van der Waals surface area contributed by atoms with Crippen LogP contribution < -0.4 is 20.4 Å². The summed E-state index contributed by atoms with van der Waals surface area (Å²) >= 11 is 7.15. The van der Waals surface area contributed by atoms with Crippen LogP contribution in [0.2, 0.25) is 0 Å². The van der Waals surface area contributed by atoms with E-state index in [0.717, 1.165) is 16.3 Å². The van der Waals surface area contributed by atoms with E-state index in [0.29, 0.717) is 11.7 Å². The van der Waals surface area contributed by atoms with Crippen LogP contribution in [0.15, 0.2) is 41.8 Å². The number of thiocarbonyl (C=S) groups is 1. The van der Waals surface area contributed by atoms with Gasteiger partial charge in [0.25, 0.3) is 0 Å². The first-order chi connectivity index (χ1) is 14.4. The Morgan fingerprint density at radius 1 is 1.30 bits per heavy atom. The molecule has 1 amide bonds. The van der Waals surface area contributed by atoms with Gasteiger partial charge in [-0.25, -0.2) is 0 Å². The summed E-state index contributed by atoms with van der Waals surface area (Å²) in [5.41, 5.74) is 1.91. The molecule has 1 aromatic heterocycles. The van der Waals surface area contributed by atoms with Crippen molar-refractivity contribution in [2.45, 2.75) is 37.3 Å². The summed E-state index contributed by atoms with van der Waals surface area (Å²) in [7, 11) is 3.94. The zero-order chi connectivity index (χ0) is 21.4. The summed E-state index contributed by atoms with van der Waals surface area (Å²) in [6.07, 6.45) is -1.81. The van der Waals surface area contributed by atoms with Crippen LogP contribution in [0.3, 0.4) is 0 Å². The second kappa shape index (κ2) is 8.50. The van der Waals surface area contributed by atoms with Crippen molar-refractivity contribution < 1.29 is 15.0 Å². The predicted molar refractivity (Wildman–Crippen MR) is 123 cm³/mol. The van der Waals surface area contributed by atoms with Gasteiger partial charge in [-0.2, -0.15) is 0 Å². The summed E-state index contributed by atoms with van der Waals surface area (Å²) in [6, 6.07) is 10.9. The van der Waals surface area contributed by atoms with Gasteiger partial charge in [0.05, 0.1) is 30.7 Å². The zero-order valence-electron chi connectivity index (χ0n) is 16.9. The first kappa shape index (κ1) is 21.0. The van der Waals surface area contributed by atoms with Gasteiger partial charge in [-0.3, -0.25) is 4.79 Å². The number of aliphatic hydroxyl groups excluding tert-OH is 2. The number of fused-ring (bicyclic) bond motifs is 1. The first-order valence-electron chi connectivity index (χ1n) is 9.90. The van der Waals surface area contributed by atoms with Crippen LogP contribution in [0, 0.1) is 5.92 Å². The summed E-state index contributed by atoms with van der Waals surface area (Å²) in [6.45, 7) is 0.443. The van der Waals surface area contributed by atoms with Crippen molar-refractivity contribution >= 4 is 45.9 Å². The van der Waals surface area contributed by atoms with Gasteiger partial charge in [0, 0.05) is 30.3 Å². The van der Waals surface area contributed by atoms with Crippen LogP contribution in [0.4, 0.5) is 11.4 Å². The van der Waals surface area contributed by atoms with Crippen molar-refractivity contribution in [1.82, 2.24) is 10.6 Å². The van der Waals surface area contributed by atoms with E-state index in [9.17, 15) is 15.0 Å². The number of thiophene rings is 1. The van der Waals surface area contributed by atoms with Crippen molar-refractivity contribution in [2.75, 3.05) is 23.9 Å². The molecule has 1 saturated heterocycles. The lowest BCUT2D eigenvalue weighted by Gasteiger charge is -2.41. The van der Waals surface area contributed by atoms with Gasteiger partial charge in [0.2, 0.25) is 5.91 Å². The van der Waals surface area contributed by atoms with E-state index < -0.39 is 24.2 Å². The third-order valence-electron chi connectivity index (χ3n) is 5.84. The van der Waals surface area contributed by atoms with Crippen LogP contribution >= 0.6 is 23.6 Å². The molecule has 0 spiro atoms. The molecule has 4 rings (SSSR count). The molecule has 4 N–H and O–H groups in total. The molecule has 2 fully saturated rings. The highest BCUT2D eigenvalue weighted by molar-refractivity contribution is 7.80. The molecule has 30 heavy (non-hydrogen) atoms. The summed E-state index contributed by atoms with van der Waals surface area (Å²) in [4.78, 5) is 18.1. The normalized spacial score (nSPS) is 28.1. The Morgan fingerprint density at radius 2 is 2.03 bits per heavy atom. The Labute approximate surface area is 185 Å². The molecule has 1 aliphatic carbocycles. The second-order valence-corrected chi connectivity index (χ2v) is 9.36. The molecule has 0 radical (unpaired) electrons. The number of nitrogens with one attached hydrogen (secondary N) is 2. The molecule has 0 bridgehead atoms. The van der Waals surface area contributed by atoms with Crippen LogP contribution in [0.25, 0.3) is 0 Å². The van der Waals surface area contributed by atoms with Crippen molar-refractivity contribution in [1.29, 1.82) is 0 Å². The topological polar surface area (TPSA) is 88.1 Å². The Hall–Kier alpha value is -2.20. The second-order valence-electron chi connectivity index (χ2n) is 7.94. The lowest BCUT2D eigenvalue weighted by molar-refractivity contribution is -0.131. The Bertz CT molecular complexity index is 903. The molecule has 1 saturated carbocycles. The molecular formula is C21H26N4O3S2. The molecule has 1 aromatic carbocycles. The quantitative estimate of drug-likeness (QED) is 0.515. The van der Waals surface area contributed by atoms with Crippen LogP contribution in [-0.4, -0.2) is 59.6 Å². The number of anilines is 2. The lowest BCUT2D eigenvalue weighted by atomic mass is 9.77. The minimum Gasteiger partial charge on any atom is -0.390 e. The van der Waals surface area contributed by atoms with Gasteiger partial charge in [-0.1, -0.05) is 6.07 Å². The molecule has 160 valence electrons. The van der Waals surface area contributed by atoms with Crippen molar-refractivity contribution in [2.24, 2.45) is 5.92 Å². The molecule has 2 heterocycles. The molecule has 2 aromatic rings. The highest BCUT2D eigenvalue weighted by atomic mass is 32.1. The number of carbonyl (C=O) groups excluding carboxylic acids is 1. The number of carbonyl (C=O) groups is 1. The van der Waals surface area contributed by atoms with Crippen LogP contribution in [0.1, 0.15) is 11.3 Å². The third-order valence-corrected chi connectivity index (χ3v) is 7.03. The molecule has 9 heteroatoms. The van der Waals surface area contributed by atoms with E-state index in [-0.39, 0.29) is 18.4 Å². The monoisotopic (exact) mass is 446 g/mol. The standard InChI is InChI=1S/C21H26N4O3S2/c1-24(2)12-5-7-13(8-6-12)25-18-15(20(28)22-11-14-4-3-9-30-14)10-16(26)19(27)17(18)23-21(25)29/h3-9,15-19,26-27H,10-11H2,1-2H3,(H,22,28)(H,23,29). The maximum Gasteiger partial charge on any atom is 0.225 e. The first-order valence-corrected chi connectivity index (χ1v) is 11.2. The van der Waals surface area contributed by atoms with Crippen molar-refractivity contribution in [3.63, 3.8) is 0 Å². The molecule has 7 nitrogen and oxygen atoms in total. The van der Waals surface area contributed by atoms with Gasteiger partial charge in [-0.05, 0) is 54.4 Å². The van der Waals surface area contributed by atoms with Crippen LogP contribution in [-0.2, 0) is 11.3 Å². The number of nitrogens with zero attached hydrogens (tertiary/aromatic N) is 2. The summed E-state index contributed by atoms with van der Waals surface area (Å²) < 4.78 is 0. The largest absolute Gasteiger partial charge is 0.390 e. The van der Waals surface area contributed by atoms with Gasteiger partial charge in [0.1, 0.15) is 6.10 Å². The fourth-order valence-corrected chi connectivity index (χ4v) is 5.28. The molecule has 1 aliphatic heterocycles. The Kier molecular flexibility index (Phi) is 5.97. The van der Waals surface area contributed by atoms with E-state index in [4.69, 9.17) is 12.2 Å². The van der Waals surface area contributed by atoms with Gasteiger partial charge in [0.15, 0.2) is 5.11 Å². The van der Waals surface area contributed by atoms with Crippen molar-refractivity contribution in [3.8, 4) is 0 Å². The minimum absolute atomic E-state index is 0.147. The Morgan fingerprint density at radius 3 is 2.67 bits per heavy atom. The van der Waals surface area contributed by atoms with E-state index in [1.807, 2.05) is 65.7 Å². The molecular weight excluding hydrogens is 420 g/mol. The van der Waals surface area contributed by atoms with E-state index >= 15 is 0 Å². The van der Waals surface area contributed by atoms with E-state index in [1.165, 1.54) is 0 Å². The minimum atomic E-state index is -1.000. The van der Waals surface area contributed by atoms with E-state index in [1.54, 1.807) is 11.3 Å².